The Morgan fingerprint density at radius 2 is 1.83 bits per heavy atom. The van der Waals surface area contributed by atoms with Gasteiger partial charge < -0.3 is 19.9 Å². The number of aliphatic hydroxyl groups is 2. The first kappa shape index (κ1) is 27.8. The van der Waals surface area contributed by atoms with Crippen molar-refractivity contribution in [3.8, 4) is 0 Å². The first-order valence-corrected chi connectivity index (χ1v) is 13.9. The van der Waals surface area contributed by atoms with Gasteiger partial charge in [-0.2, -0.15) is 0 Å². The summed E-state index contributed by atoms with van der Waals surface area (Å²) in [6, 6.07) is 12.9. The zero-order valence-electron chi connectivity index (χ0n) is 22.1. The lowest BCUT2D eigenvalue weighted by atomic mass is 9.89. The summed E-state index contributed by atoms with van der Waals surface area (Å²) < 4.78 is 23.0. The molecule has 1 saturated carbocycles. The van der Waals surface area contributed by atoms with Gasteiger partial charge in [0.25, 0.3) is 5.91 Å². The molecule has 1 aliphatic heterocycles. The number of fused-ring (bicyclic) bond motifs is 1. The van der Waals surface area contributed by atoms with Crippen LogP contribution in [-0.4, -0.2) is 54.8 Å². The molecule has 2 aliphatic rings. The summed E-state index contributed by atoms with van der Waals surface area (Å²) in [6.07, 6.45) is 4.16. The van der Waals surface area contributed by atoms with E-state index in [0.29, 0.717) is 45.5 Å². The zero-order valence-corrected chi connectivity index (χ0v) is 23.6. The third-order valence-corrected chi connectivity index (χ3v) is 8.14. The Labute approximate surface area is 245 Å². The summed E-state index contributed by atoms with van der Waals surface area (Å²) >= 11 is 12.3. The van der Waals surface area contributed by atoms with E-state index in [-0.39, 0.29) is 30.9 Å². The van der Waals surface area contributed by atoms with E-state index in [0.717, 1.165) is 5.69 Å². The molecule has 1 aliphatic carbocycles. The highest BCUT2D eigenvalue weighted by molar-refractivity contribution is 6.30. The van der Waals surface area contributed by atoms with Gasteiger partial charge in [0.2, 0.25) is 0 Å². The molecule has 0 radical (unpaired) electrons. The number of carbonyl (C=O) groups excluding carboxylic acids is 1. The number of aromatic amines is 1. The van der Waals surface area contributed by atoms with E-state index >= 15 is 4.39 Å². The maximum absolute atomic E-state index is 16.5. The van der Waals surface area contributed by atoms with Crippen molar-refractivity contribution in [2.45, 2.75) is 43.6 Å². The number of rotatable bonds is 9. The van der Waals surface area contributed by atoms with Crippen molar-refractivity contribution < 1.29 is 24.1 Å². The van der Waals surface area contributed by atoms with Crippen LogP contribution in [0.25, 0.3) is 0 Å². The fraction of sp³-hybridized carbons (Fsp3) is 0.300. The predicted octanol–water partition coefficient (Wildman–Crippen LogP) is 5.08. The van der Waals surface area contributed by atoms with Gasteiger partial charge in [0.1, 0.15) is 11.6 Å². The van der Waals surface area contributed by atoms with Crippen LogP contribution < -0.4 is 0 Å². The lowest BCUT2D eigenvalue weighted by Gasteiger charge is -2.40. The molecule has 1 unspecified atom stereocenters. The van der Waals surface area contributed by atoms with E-state index in [2.05, 4.69) is 15.0 Å². The molecule has 11 heteroatoms. The molecule has 0 spiro atoms. The maximum Gasteiger partial charge on any atom is 0.257 e. The topological polar surface area (TPSA) is 112 Å². The fourth-order valence-electron chi connectivity index (χ4n) is 5.31. The molecular weight excluding hydrogens is 570 g/mol. The van der Waals surface area contributed by atoms with Crippen LogP contribution in [0, 0.1) is 12.7 Å². The highest BCUT2D eigenvalue weighted by Gasteiger charge is 2.56. The van der Waals surface area contributed by atoms with Gasteiger partial charge in [0.05, 0.1) is 53.1 Å². The average molecular weight is 597 g/mol. The first-order chi connectivity index (χ1) is 19.6. The van der Waals surface area contributed by atoms with Crippen molar-refractivity contribution in [3.63, 3.8) is 0 Å². The van der Waals surface area contributed by atoms with Crippen molar-refractivity contribution in [2.75, 3.05) is 13.2 Å². The minimum Gasteiger partial charge on any atom is -0.395 e. The summed E-state index contributed by atoms with van der Waals surface area (Å²) in [6.45, 7) is 1.30. The molecule has 8 nitrogen and oxygen atoms in total. The Kier molecular flexibility index (Phi) is 7.12. The average Bonchev–Trinajstić information content (AvgIpc) is 3.46. The number of pyridine rings is 1. The molecule has 2 aromatic heterocycles. The number of H-pyrrole nitrogens is 1. The largest absolute Gasteiger partial charge is 0.395 e. The maximum atomic E-state index is 16.5. The number of ether oxygens (including phenoxy) is 1. The number of amides is 1. The van der Waals surface area contributed by atoms with Crippen LogP contribution >= 0.6 is 23.2 Å². The Morgan fingerprint density at radius 3 is 2.44 bits per heavy atom. The second kappa shape index (κ2) is 10.5. The lowest BCUT2D eigenvalue weighted by molar-refractivity contribution is -0.139. The third kappa shape index (κ3) is 5.02. The minimum absolute atomic E-state index is 0.0131. The van der Waals surface area contributed by atoms with Crippen LogP contribution in [0.4, 0.5) is 4.39 Å². The van der Waals surface area contributed by atoms with Crippen molar-refractivity contribution >= 4 is 29.1 Å². The quantitative estimate of drug-likeness (QED) is 0.248. The Bertz CT molecular complexity index is 1610. The number of nitrogens with one attached hydrogen (secondary N) is 1. The van der Waals surface area contributed by atoms with Gasteiger partial charge in [-0.1, -0.05) is 35.3 Å². The van der Waals surface area contributed by atoms with Gasteiger partial charge in [-0.3, -0.25) is 14.7 Å². The molecule has 41 heavy (non-hydrogen) atoms. The summed E-state index contributed by atoms with van der Waals surface area (Å²) in [5.74, 6) is -1.44. The van der Waals surface area contributed by atoms with Gasteiger partial charge >= 0.3 is 0 Å². The Balaban J connectivity index is 1.55. The van der Waals surface area contributed by atoms with E-state index in [1.807, 2.05) is 6.92 Å². The van der Waals surface area contributed by atoms with Crippen LogP contribution in [0.1, 0.15) is 63.0 Å². The number of imidazole rings is 1. The van der Waals surface area contributed by atoms with Crippen molar-refractivity contribution in [3.05, 3.63) is 116 Å². The molecular formula is C30H27Cl2FN4O4. The number of hydrogen-bond acceptors (Lipinski definition) is 6. The van der Waals surface area contributed by atoms with E-state index in [4.69, 9.17) is 27.9 Å². The standard InChI is InChI=1S/C30H27Cl2FN4O4/c1-17-12-35-27(36-17)24(15-38)18-10-23-26(25(33)11-18)30(41-16-29(40)8-9-29,19-2-4-20(31)5-3-19)37(28(23)39)14-22-7-6-21(32)13-34-22/h2-7,10-13,24,38,40H,8-9,14-16H2,1H3,(H,35,36)/t24?,30-/m1/s1. The first-order valence-electron chi connectivity index (χ1n) is 13.1. The SMILES string of the molecule is Cc1cnc(C(CO)c2cc(F)c3c(c2)C(=O)N(Cc2ccc(Cl)cn2)[C@@]3(OCC2(O)CC2)c2ccc(Cl)cc2)[nH]1. The van der Waals surface area contributed by atoms with Gasteiger partial charge in [0.15, 0.2) is 5.72 Å². The van der Waals surface area contributed by atoms with Crippen LogP contribution in [0.15, 0.2) is 60.9 Å². The van der Waals surface area contributed by atoms with Gasteiger partial charge in [-0.25, -0.2) is 9.37 Å². The van der Waals surface area contributed by atoms with E-state index in [1.165, 1.54) is 17.2 Å². The van der Waals surface area contributed by atoms with Crippen LogP contribution in [0.5, 0.6) is 0 Å². The van der Waals surface area contributed by atoms with Crippen molar-refractivity contribution in [2.24, 2.45) is 0 Å². The summed E-state index contributed by atoms with van der Waals surface area (Å²) in [5, 5.41) is 21.9. The molecule has 1 fully saturated rings. The lowest BCUT2D eigenvalue weighted by Crippen LogP contribution is -2.48. The van der Waals surface area contributed by atoms with Crippen molar-refractivity contribution in [1.29, 1.82) is 0 Å². The summed E-state index contributed by atoms with van der Waals surface area (Å²) in [7, 11) is 0. The smallest absolute Gasteiger partial charge is 0.257 e. The highest BCUT2D eigenvalue weighted by atomic mass is 35.5. The Morgan fingerprint density at radius 1 is 1.10 bits per heavy atom. The van der Waals surface area contributed by atoms with Gasteiger partial charge in [-0.05, 0) is 61.7 Å². The number of hydrogen-bond donors (Lipinski definition) is 3. The summed E-state index contributed by atoms with van der Waals surface area (Å²) in [4.78, 5) is 27.5. The normalized spacial score (nSPS) is 19.9. The molecule has 0 saturated heterocycles. The van der Waals surface area contributed by atoms with E-state index < -0.39 is 29.0 Å². The van der Waals surface area contributed by atoms with E-state index in [9.17, 15) is 15.0 Å². The number of nitrogens with zero attached hydrogens (tertiary/aromatic N) is 3. The molecule has 0 bridgehead atoms. The molecule has 1 amide bonds. The number of aliphatic hydroxyl groups excluding tert-OH is 1. The second-order valence-electron chi connectivity index (χ2n) is 10.6. The molecule has 2 atom stereocenters. The van der Waals surface area contributed by atoms with Crippen LogP contribution in [0.3, 0.4) is 0 Å². The van der Waals surface area contributed by atoms with Crippen LogP contribution in [-0.2, 0) is 17.0 Å². The molecule has 6 rings (SSSR count). The number of aromatic nitrogens is 3. The number of halogens is 3. The predicted molar refractivity (Wildman–Crippen MR) is 150 cm³/mol. The number of aryl methyl sites for hydroxylation is 1. The molecule has 2 aromatic carbocycles. The molecule has 3 N–H and O–H groups in total. The van der Waals surface area contributed by atoms with Crippen LogP contribution in [0.2, 0.25) is 10.0 Å². The van der Waals surface area contributed by atoms with Gasteiger partial charge in [-0.15, -0.1) is 0 Å². The fourth-order valence-corrected chi connectivity index (χ4v) is 5.54. The van der Waals surface area contributed by atoms with Crippen molar-refractivity contribution in [1.82, 2.24) is 19.9 Å². The highest BCUT2D eigenvalue weighted by Crippen LogP contribution is 2.50. The monoisotopic (exact) mass is 596 g/mol. The molecule has 212 valence electrons. The minimum atomic E-state index is -1.74. The Hall–Kier alpha value is -3.34. The molecule has 4 aromatic rings. The zero-order chi connectivity index (χ0) is 28.9. The van der Waals surface area contributed by atoms with E-state index in [1.54, 1.807) is 48.7 Å². The second-order valence-corrected chi connectivity index (χ2v) is 11.5. The molecule has 3 heterocycles. The number of carbonyl (C=O) groups is 1. The third-order valence-electron chi connectivity index (χ3n) is 7.67. The van der Waals surface area contributed by atoms with Gasteiger partial charge in [0, 0.05) is 28.7 Å². The number of benzene rings is 2. The summed E-state index contributed by atoms with van der Waals surface area (Å²) in [5.41, 5.74) is -0.593.